The molecule has 0 saturated heterocycles. The summed E-state index contributed by atoms with van der Waals surface area (Å²) in [6.45, 7) is 0. The van der Waals surface area contributed by atoms with Crippen molar-refractivity contribution in [3.63, 3.8) is 0 Å². The molecule has 0 saturated carbocycles. The van der Waals surface area contributed by atoms with Crippen molar-refractivity contribution in [2.24, 2.45) is 10.2 Å². The van der Waals surface area contributed by atoms with Crippen LogP contribution in [0.2, 0.25) is 10.0 Å². The molecular weight excluding hydrogens is 493 g/mol. The molecule has 0 fully saturated rings. The Morgan fingerprint density at radius 2 is 1.64 bits per heavy atom. The summed E-state index contributed by atoms with van der Waals surface area (Å²) >= 11 is 12.2. The first-order valence-electron chi connectivity index (χ1n) is 11.3. The van der Waals surface area contributed by atoms with Gasteiger partial charge in [0.1, 0.15) is 0 Å². The fraction of sp³-hybridized carbons (Fsp3) is 0.0714. The summed E-state index contributed by atoms with van der Waals surface area (Å²) in [5.74, 6) is -0.317. The van der Waals surface area contributed by atoms with Crippen molar-refractivity contribution in [2.45, 2.75) is 12.5 Å². The molecule has 1 N–H and O–H groups in total. The van der Waals surface area contributed by atoms with Crippen LogP contribution in [0.25, 0.3) is 0 Å². The van der Waals surface area contributed by atoms with Gasteiger partial charge in [0.05, 0.1) is 29.2 Å². The molecule has 0 aliphatic carbocycles. The van der Waals surface area contributed by atoms with Crippen LogP contribution < -0.4 is 10.4 Å². The van der Waals surface area contributed by atoms with E-state index < -0.39 is 0 Å². The Hall–Kier alpha value is -4.00. The molecule has 6 nitrogen and oxygen atoms in total. The number of carbonyl (C=O) groups excluding carboxylic acids is 1. The highest BCUT2D eigenvalue weighted by Gasteiger charge is 2.29. The van der Waals surface area contributed by atoms with Crippen molar-refractivity contribution in [2.75, 3.05) is 5.01 Å². The zero-order valence-corrected chi connectivity index (χ0v) is 20.6. The van der Waals surface area contributed by atoms with Crippen LogP contribution in [-0.2, 0) is 0 Å². The Kier molecular flexibility index (Phi) is 7.07. The summed E-state index contributed by atoms with van der Waals surface area (Å²) in [6.07, 6.45) is 5.45. The van der Waals surface area contributed by atoms with Gasteiger partial charge in [-0.05, 0) is 65.2 Å². The normalized spacial score (nSPS) is 15.2. The van der Waals surface area contributed by atoms with Gasteiger partial charge in [0, 0.05) is 28.9 Å². The van der Waals surface area contributed by atoms with Crippen LogP contribution in [0.15, 0.2) is 108 Å². The van der Waals surface area contributed by atoms with Crippen molar-refractivity contribution in [1.29, 1.82) is 0 Å². The molecule has 5 rings (SSSR count). The van der Waals surface area contributed by atoms with Crippen LogP contribution in [-0.4, -0.2) is 22.8 Å². The van der Waals surface area contributed by atoms with E-state index in [4.69, 9.17) is 28.3 Å². The third-order valence-electron chi connectivity index (χ3n) is 5.80. The standard InChI is InChI=1S/C28H21Cl2N5O/c29-23-9-5-20(6-10-23)26-16-27(21-7-11-24(30)12-8-21)35(34-26)25-13-3-19(4-14-25)17-32-33-28(36)22-2-1-15-31-18-22/h1-15,17-18,27H,16H2,(H,33,36)/b32-17-. The molecular formula is C28H21Cl2N5O. The van der Waals surface area contributed by atoms with Gasteiger partial charge in [-0.15, -0.1) is 0 Å². The Morgan fingerprint density at radius 3 is 2.31 bits per heavy atom. The van der Waals surface area contributed by atoms with Gasteiger partial charge in [0.15, 0.2) is 0 Å². The molecule has 178 valence electrons. The first kappa shape index (κ1) is 23.7. The third kappa shape index (κ3) is 5.46. The summed E-state index contributed by atoms with van der Waals surface area (Å²) in [5, 5.41) is 12.4. The monoisotopic (exact) mass is 513 g/mol. The first-order valence-corrected chi connectivity index (χ1v) is 12.0. The molecule has 2 heterocycles. The number of anilines is 1. The van der Waals surface area contributed by atoms with E-state index in [-0.39, 0.29) is 11.9 Å². The molecule has 1 aliphatic heterocycles. The molecule has 8 heteroatoms. The minimum Gasteiger partial charge on any atom is -0.267 e. The van der Waals surface area contributed by atoms with Crippen molar-refractivity contribution in [1.82, 2.24) is 10.4 Å². The van der Waals surface area contributed by atoms with Crippen LogP contribution in [0.3, 0.4) is 0 Å². The second-order valence-electron chi connectivity index (χ2n) is 8.20. The lowest BCUT2D eigenvalue weighted by molar-refractivity contribution is 0.0955. The van der Waals surface area contributed by atoms with Gasteiger partial charge in [-0.3, -0.25) is 14.8 Å². The van der Waals surface area contributed by atoms with Gasteiger partial charge in [-0.25, -0.2) is 5.43 Å². The van der Waals surface area contributed by atoms with E-state index in [9.17, 15) is 4.79 Å². The van der Waals surface area contributed by atoms with Crippen LogP contribution >= 0.6 is 23.2 Å². The van der Waals surface area contributed by atoms with Crippen molar-refractivity contribution in [3.8, 4) is 0 Å². The second-order valence-corrected chi connectivity index (χ2v) is 9.07. The maximum Gasteiger partial charge on any atom is 0.272 e. The summed E-state index contributed by atoms with van der Waals surface area (Å²) in [6, 6.07) is 26.8. The summed E-state index contributed by atoms with van der Waals surface area (Å²) in [4.78, 5) is 16.1. The van der Waals surface area contributed by atoms with E-state index in [0.29, 0.717) is 15.6 Å². The number of hydrogen-bond donors (Lipinski definition) is 1. The second kappa shape index (κ2) is 10.7. The highest BCUT2D eigenvalue weighted by molar-refractivity contribution is 6.31. The molecule has 1 unspecified atom stereocenters. The fourth-order valence-electron chi connectivity index (χ4n) is 3.95. The smallest absolute Gasteiger partial charge is 0.267 e. The summed E-state index contributed by atoms with van der Waals surface area (Å²) < 4.78 is 0. The highest BCUT2D eigenvalue weighted by Crippen LogP contribution is 2.37. The Balaban J connectivity index is 1.36. The third-order valence-corrected chi connectivity index (χ3v) is 6.31. The van der Waals surface area contributed by atoms with E-state index in [1.165, 1.54) is 6.20 Å². The summed E-state index contributed by atoms with van der Waals surface area (Å²) in [7, 11) is 0. The van der Waals surface area contributed by atoms with Crippen LogP contribution in [0, 0.1) is 0 Å². The maximum absolute atomic E-state index is 12.1. The van der Waals surface area contributed by atoms with E-state index in [2.05, 4.69) is 15.5 Å². The lowest BCUT2D eigenvalue weighted by Crippen LogP contribution is -2.18. The van der Waals surface area contributed by atoms with Crippen molar-refractivity contribution in [3.05, 3.63) is 130 Å². The number of benzene rings is 3. The maximum atomic E-state index is 12.1. The van der Waals surface area contributed by atoms with Gasteiger partial charge < -0.3 is 0 Å². The molecule has 1 atom stereocenters. The molecule has 4 aromatic rings. The Labute approximate surface area is 218 Å². The predicted molar refractivity (Wildman–Crippen MR) is 145 cm³/mol. The number of nitrogens with one attached hydrogen (secondary N) is 1. The SMILES string of the molecule is O=C(N/N=C\c1ccc(N2N=C(c3ccc(Cl)cc3)CC2c2ccc(Cl)cc2)cc1)c1cccnc1. The zero-order valence-electron chi connectivity index (χ0n) is 19.1. The average molecular weight is 514 g/mol. The number of hydrogen-bond acceptors (Lipinski definition) is 5. The quantitative estimate of drug-likeness (QED) is 0.236. The molecule has 3 aromatic carbocycles. The zero-order chi connectivity index (χ0) is 24.9. The van der Waals surface area contributed by atoms with Gasteiger partial charge in [-0.2, -0.15) is 10.2 Å². The number of hydrazone groups is 2. The number of pyridine rings is 1. The molecule has 1 amide bonds. The molecule has 0 radical (unpaired) electrons. The van der Waals surface area contributed by atoms with Crippen LogP contribution in [0.4, 0.5) is 5.69 Å². The minimum atomic E-state index is -0.317. The largest absolute Gasteiger partial charge is 0.272 e. The van der Waals surface area contributed by atoms with E-state index in [0.717, 1.165) is 34.5 Å². The van der Waals surface area contributed by atoms with Gasteiger partial charge in [0.2, 0.25) is 0 Å². The molecule has 1 aromatic heterocycles. The first-order chi connectivity index (χ1) is 17.6. The van der Waals surface area contributed by atoms with Crippen LogP contribution in [0.1, 0.15) is 39.5 Å². The molecule has 36 heavy (non-hydrogen) atoms. The van der Waals surface area contributed by atoms with Crippen molar-refractivity contribution >= 4 is 46.7 Å². The molecule has 0 spiro atoms. The highest BCUT2D eigenvalue weighted by atomic mass is 35.5. The fourth-order valence-corrected chi connectivity index (χ4v) is 4.20. The predicted octanol–water partition coefficient (Wildman–Crippen LogP) is 6.51. The van der Waals surface area contributed by atoms with E-state index in [1.807, 2.05) is 77.8 Å². The summed E-state index contributed by atoms with van der Waals surface area (Å²) in [5.41, 5.74) is 7.88. The lowest BCUT2D eigenvalue weighted by Gasteiger charge is -2.24. The van der Waals surface area contributed by atoms with E-state index in [1.54, 1.807) is 24.5 Å². The number of nitrogens with zero attached hydrogens (tertiary/aromatic N) is 4. The van der Waals surface area contributed by atoms with Crippen molar-refractivity contribution < 1.29 is 4.79 Å². The number of amides is 1. The minimum absolute atomic E-state index is 0.0197. The Bertz CT molecular complexity index is 1400. The lowest BCUT2D eigenvalue weighted by atomic mass is 9.98. The number of halogens is 2. The molecule has 0 bridgehead atoms. The number of carbonyl (C=O) groups is 1. The van der Waals surface area contributed by atoms with E-state index >= 15 is 0 Å². The Morgan fingerprint density at radius 1 is 0.944 bits per heavy atom. The number of aromatic nitrogens is 1. The van der Waals surface area contributed by atoms with Gasteiger partial charge >= 0.3 is 0 Å². The van der Waals surface area contributed by atoms with Gasteiger partial charge in [-0.1, -0.05) is 59.6 Å². The van der Waals surface area contributed by atoms with Gasteiger partial charge in [0.25, 0.3) is 5.91 Å². The topological polar surface area (TPSA) is 70.0 Å². The number of rotatable bonds is 6. The molecule has 1 aliphatic rings. The average Bonchev–Trinajstić information content (AvgIpc) is 3.36. The van der Waals surface area contributed by atoms with Crippen LogP contribution in [0.5, 0.6) is 0 Å².